The molecule has 0 spiro atoms. The Balaban J connectivity index is 1.91. The Morgan fingerprint density at radius 1 is 1.11 bits per heavy atom. The Hall–Kier alpha value is -2.89. The van der Waals surface area contributed by atoms with Gasteiger partial charge in [-0.1, -0.05) is 54.1 Å². The van der Waals surface area contributed by atoms with E-state index in [2.05, 4.69) is 29.2 Å². The Morgan fingerprint density at radius 2 is 1.81 bits per heavy atom. The third kappa shape index (κ3) is 4.64. The van der Waals surface area contributed by atoms with Gasteiger partial charge in [0, 0.05) is 28.6 Å². The average Bonchev–Trinajstić information content (AvgIpc) is 2.98. The van der Waals surface area contributed by atoms with Gasteiger partial charge >= 0.3 is 5.97 Å². The molecule has 0 unspecified atom stereocenters. The summed E-state index contributed by atoms with van der Waals surface area (Å²) in [7, 11) is 0. The third-order valence-electron chi connectivity index (χ3n) is 4.48. The van der Waals surface area contributed by atoms with E-state index in [1.807, 2.05) is 31.2 Å². The zero-order valence-electron chi connectivity index (χ0n) is 15.1. The van der Waals surface area contributed by atoms with Crippen LogP contribution in [0.1, 0.15) is 24.1 Å². The normalized spacial score (nSPS) is 13.9. The number of carbonyl (C=O) groups is 1. The SMILES string of the molecule is Cc1ccc(-c2c(/C=C/[C@@H](O)C[C@@H](O)CC(=O)O)[nH]c3ccccc23)cc1. The number of carboxylic acid groups (broad SMARTS) is 1. The molecule has 5 nitrogen and oxygen atoms in total. The molecule has 0 saturated heterocycles. The van der Waals surface area contributed by atoms with E-state index in [1.165, 1.54) is 5.56 Å². The number of carboxylic acids is 1. The molecule has 0 bridgehead atoms. The van der Waals surface area contributed by atoms with Gasteiger partial charge < -0.3 is 20.3 Å². The highest BCUT2D eigenvalue weighted by Crippen LogP contribution is 2.33. The summed E-state index contributed by atoms with van der Waals surface area (Å²) in [6.07, 6.45) is 0.938. The van der Waals surface area contributed by atoms with Crippen molar-refractivity contribution >= 4 is 22.9 Å². The summed E-state index contributed by atoms with van der Waals surface area (Å²) in [5, 5.41) is 29.6. The van der Waals surface area contributed by atoms with Crippen LogP contribution in [0.15, 0.2) is 54.6 Å². The van der Waals surface area contributed by atoms with Crippen LogP contribution >= 0.6 is 0 Å². The van der Waals surface area contributed by atoms with Crippen molar-refractivity contribution in [2.75, 3.05) is 0 Å². The zero-order valence-corrected chi connectivity index (χ0v) is 15.1. The van der Waals surface area contributed by atoms with E-state index in [9.17, 15) is 15.0 Å². The lowest BCUT2D eigenvalue weighted by Gasteiger charge is -2.10. The average molecular weight is 365 g/mol. The topological polar surface area (TPSA) is 93.6 Å². The molecule has 3 aromatic rings. The minimum atomic E-state index is -1.09. The molecule has 3 rings (SSSR count). The highest BCUT2D eigenvalue weighted by molar-refractivity contribution is 6.00. The van der Waals surface area contributed by atoms with Crippen molar-refractivity contribution in [2.45, 2.75) is 32.0 Å². The maximum absolute atomic E-state index is 10.6. The van der Waals surface area contributed by atoms with E-state index < -0.39 is 18.2 Å². The Bertz CT molecular complexity index is 956. The first-order chi connectivity index (χ1) is 12.9. The number of para-hydroxylation sites is 1. The first-order valence-corrected chi connectivity index (χ1v) is 8.88. The fourth-order valence-corrected chi connectivity index (χ4v) is 3.17. The zero-order chi connectivity index (χ0) is 19.4. The molecule has 2 atom stereocenters. The molecule has 0 amide bonds. The molecule has 0 aliphatic rings. The number of H-pyrrole nitrogens is 1. The summed E-state index contributed by atoms with van der Waals surface area (Å²) in [6, 6.07) is 16.2. The number of aromatic nitrogens is 1. The van der Waals surface area contributed by atoms with Crippen LogP contribution in [0.4, 0.5) is 0 Å². The molecule has 5 heteroatoms. The second-order valence-electron chi connectivity index (χ2n) is 6.74. The van der Waals surface area contributed by atoms with Crippen LogP contribution in [0.5, 0.6) is 0 Å². The Kier molecular flexibility index (Phi) is 5.74. The van der Waals surface area contributed by atoms with Crippen molar-refractivity contribution in [3.05, 3.63) is 65.9 Å². The number of hydrogen-bond donors (Lipinski definition) is 4. The predicted molar refractivity (Wildman–Crippen MR) is 106 cm³/mol. The monoisotopic (exact) mass is 365 g/mol. The van der Waals surface area contributed by atoms with E-state index in [0.29, 0.717) is 0 Å². The van der Waals surface area contributed by atoms with Gasteiger partial charge in [0.25, 0.3) is 0 Å². The molecule has 1 aromatic heterocycles. The first-order valence-electron chi connectivity index (χ1n) is 8.88. The maximum Gasteiger partial charge on any atom is 0.305 e. The van der Waals surface area contributed by atoms with Crippen molar-refractivity contribution < 1.29 is 20.1 Å². The first kappa shape index (κ1) is 18.9. The highest BCUT2D eigenvalue weighted by Gasteiger charge is 2.15. The summed E-state index contributed by atoms with van der Waals surface area (Å²) < 4.78 is 0. The van der Waals surface area contributed by atoms with Gasteiger partial charge in [-0.15, -0.1) is 0 Å². The number of rotatable bonds is 7. The van der Waals surface area contributed by atoms with E-state index in [1.54, 1.807) is 12.2 Å². The summed E-state index contributed by atoms with van der Waals surface area (Å²) in [6.45, 7) is 2.04. The van der Waals surface area contributed by atoms with Gasteiger partial charge in [0.05, 0.1) is 18.6 Å². The molecule has 0 aliphatic carbocycles. The van der Waals surface area contributed by atoms with Crippen LogP contribution in [0.2, 0.25) is 0 Å². The molecule has 4 N–H and O–H groups in total. The van der Waals surface area contributed by atoms with Crippen molar-refractivity contribution in [3.8, 4) is 11.1 Å². The van der Waals surface area contributed by atoms with E-state index in [0.717, 1.165) is 27.7 Å². The molecule has 2 aromatic carbocycles. The van der Waals surface area contributed by atoms with E-state index >= 15 is 0 Å². The number of aliphatic hydroxyl groups excluding tert-OH is 2. The van der Waals surface area contributed by atoms with Gasteiger partial charge in [0.2, 0.25) is 0 Å². The van der Waals surface area contributed by atoms with Gasteiger partial charge in [0.15, 0.2) is 0 Å². The molecule has 27 heavy (non-hydrogen) atoms. The molecule has 0 radical (unpaired) electrons. The van der Waals surface area contributed by atoms with Crippen LogP contribution in [0.3, 0.4) is 0 Å². The number of aliphatic carboxylic acids is 1. The summed E-state index contributed by atoms with van der Waals surface area (Å²) in [5.74, 6) is -1.09. The van der Waals surface area contributed by atoms with Gasteiger partial charge in [0.1, 0.15) is 0 Å². The fraction of sp³-hybridized carbons (Fsp3) is 0.227. The molecular weight excluding hydrogens is 342 g/mol. The van der Waals surface area contributed by atoms with Gasteiger partial charge in [-0.05, 0) is 24.6 Å². The predicted octanol–water partition coefficient (Wildman–Crippen LogP) is 3.74. The number of aliphatic hydroxyl groups is 2. The number of aryl methyl sites for hydroxylation is 1. The molecule has 0 fully saturated rings. The van der Waals surface area contributed by atoms with E-state index in [4.69, 9.17) is 5.11 Å². The Morgan fingerprint density at radius 3 is 2.52 bits per heavy atom. The number of aromatic amines is 1. The van der Waals surface area contributed by atoms with E-state index in [-0.39, 0.29) is 12.8 Å². The van der Waals surface area contributed by atoms with Crippen molar-refractivity contribution in [1.82, 2.24) is 4.98 Å². The van der Waals surface area contributed by atoms with Gasteiger partial charge in [-0.25, -0.2) is 0 Å². The second kappa shape index (κ2) is 8.20. The number of benzene rings is 2. The van der Waals surface area contributed by atoms with Crippen LogP contribution in [-0.4, -0.2) is 38.5 Å². The fourth-order valence-electron chi connectivity index (χ4n) is 3.17. The molecule has 0 aliphatic heterocycles. The third-order valence-corrected chi connectivity index (χ3v) is 4.48. The smallest absolute Gasteiger partial charge is 0.305 e. The number of hydrogen-bond acceptors (Lipinski definition) is 3. The minimum Gasteiger partial charge on any atom is -0.481 e. The lowest BCUT2D eigenvalue weighted by molar-refractivity contribution is -0.139. The summed E-state index contributed by atoms with van der Waals surface area (Å²) in [4.78, 5) is 14.0. The van der Waals surface area contributed by atoms with Crippen LogP contribution in [0.25, 0.3) is 28.1 Å². The molecule has 140 valence electrons. The number of fused-ring (bicyclic) bond motifs is 1. The minimum absolute atomic E-state index is 0.0249. The van der Waals surface area contributed by atoms with Crippen LogP contribution in [-0.2, 0) is 4.79 Å². The number of nitrogens with one attached hydrogen (secondary N) is 1. The molecule has 0 saturated carbocycles. The van der Waals surface area contributed by atoms with Crippen molar-refractivity contribution in [3.63, 3.8) is 0 Å². The standard InChI is InChI=1S/C22H23NO4/c1-14-6-8-15(9-7-14)22-18-4-2-3-5-19(18)23-20(22)11-10-16(24)12-17(25)13-21(26)27/h2-11,16-17,23-25H,12-13H2,1H3,(H,26,27)/b11-10+/t16-,17-/m1/s1. The molecular formula is C22H23NO4. The maximum atomic E-state index is 10.6. The van der Waals surface area contributed by atoms with Gasteiger partial charge in [-0.2, -0.15) is 0 Å². The largest absolute Gasteiger partial charge is 0.481 e. The summed E-state index contributed by atoms with van der Waals surface area (Å²) in [5.41, 5.74) is 5.14. The lowest BCUT2D eigenvalue weighted by Crippen LogP contribution is -2.19. The van der Waals surface area contributed by atoms with Gasteiger partial charge in [-0.3, -0.25) is 4.79 Å². The van der Waals surface area contributed by atoms with Crippen LogP contribution in [0, 0.1) is 6.92 Å². The second-order valence-corrected chi connectivity index (χ2v) is 6.74. The lowest BCUT2D eigenvalue weighted by atomic mass is 10.00. The van der Waals surface area contributed by atoms with Crippen LogP contribution < -0.4 is 0 Å². The Labute approximate surface area is 157 Å². The summed E-state index contributed by atoms with van der Waals surface area (Å²) >= 11 is 0. The molecule has 1 heterocycles. The van der Waals surface area contributed by atoms with Crippen molar-refractivity contribution in [1.29, 1.82) is 0 Å². The van der Waals surface area contributed by atoms with Crippen molar-refractivity contribution in [2.24, 2.45) is 0 Å². The quantitative estimate of drug-likeness (QED) is 0.513. The highest BCUT2D eigenvalue weighted by atomic mass is 16.4.